The summed E-state index contributed by atoms with van der Waals surface area (Å²) in [5.74, 6) is 1.62. The van der Waals surface area contributed by atoms with Crippen LogP contribution in [0.25, 0.3) is 0 Å². The topological polar surface area (TPSA) is 84.3 Å². The third-order valence-corrected chi connectivity index (χ3v) is 7.09. The average molecular weight is 456 g/mol. The number of hydrogen-bond donors (Lipinski definition) is 1. The molecule has 32 heavy (non-hydrogen) atoms. The van der Waals surface area contributed by atoms with Crippen LogP contribution in [-0.2, 0) is 18.2 Å². The van der Waals surface area contributed by atoms with Gasteiger partial charge in [0, 0.05) is 50.0 Å². The van der Waals surface area contributed by atoms with Crippen LogP contribution in [0.15, 0.2) is 46.7 Å². The molecule has 0 amide bonds. The van der Waals surface area contributed by atoms with Crippen molar-refractivity contribution in [3.05, 3.63) is 52.8 Å². The van der Waals surface area contributed by atoms with Crippen LogP contribution < -0.4 is 5.73 Å². The predicted octanol–water partition coefficient (Wildman–Crippen LogP) is 2.60. The Morgan fingerprint density at radius 3 is 2.56 bits per heavy atom. The van der Waals surface area contributed by atoms with Crippen LogP contribution >= 0.6 is 11.6 Å². The van der Waals surface area contributed by atoms with Crippen molar-refractivity contribution >= 4 is 23.3 Å². The number of halogens is 1. The van der Waals surface area contributed by atoms with Gasteiger partial charge in [0.25, 0.3) is 0 Å². The minimum Gasteiger partial charge on any atom is -0.385 e. The first-order valence-corrected chi connectivity index (χ1v) is 11.7. The summed E-state index contributed by atoms with van der Waals surface area (Å²) >= 11 is 6.10. The third kappa shape index (κ3) is 4.53. The van der Waals surface area contributed by atoms with Gasteiger partial charge >= 0.3 is 0 Å². The fraction of sp³-hybridized carbons (Fsp3) is 0.522. The van der Waals surface area contributed by atoms with Crippen LogP contribution in [0, 0.1) is 0 Å². The molecule has 2 atom stereocenters. The third-order valence-electron chi connectivity index (χ3n) is 6.84. The summed E-state index contributed by atoms with van der Waals surface area (Å²) in [5, 5.41) is 13.4. The maximum Gasteiger partial charge on any atom is 0.135 e. The Labute approximate surface area is 193 Å². The van der Waals surface area contributed by atoms with Crippen LogP contribution in [0.4, 0.5) is 0 Å². The highest BCUT2D eigenvalue weighted by atomic mass is 35.5. The molecule has 2 aromatic rings. The summed E-state index contributed by atoms with van der Waals surface area (Å²) in [4.78, 5) is 5.02. The van der Waals surface area contributed by atoms with Crippen molar-refractivity contribution in [3.8, 4) is 0 Å². The summed E-state index contributed by atoms with van der Waals surface area (Å²) in [5.41, 5.74) is 8.24. The predicted molar refractivity (Wildman–Crippen MR) is 126 cm³/mol. The lowest BCUT2D eigenvalue weighted by atomic mass is 9.95. The van der Waals surface area contributed by atoms with E-state index in [1.54, 1.807) is 0 Å². The highest BCUT2D eigenvalue weighted by molar-refractivity contribution is 6.30. The summed E-state index contributed by atoms with van der Waals surface area (Å²) in [7, 11) is 1.98. The van der Waals surface area contributed by atoms with Gasteiger partial charge in [0.05, 0.1) is 18.7 Å². The molecule has 2 N–H and O–H groups in total. The van der Waals surface area contributed by atoms with Gasteiger partial charge in [-0.25, -0.2) is 0 Å². The summed E-state index contributed by atoms with van der Waals surface area (Å²) in [6, 6.07) is 11.1. The van der Waals surface area contributed by atoms with E-state index in [-0.39, 0.29) is 6.10 Å². The quantitative estimate of drug-likeness (QED) is 0.766. The van der Waals surface area contributed by atoms with E-state index in [2.05, 4.69) is 43.3 Å². The number of nitrogens with two attached hydrogens (primary N) is 1. The molecule has 1 aromatic heterocycles. The lowest BCUT2D eigenvalue weighted by Gasteiger charge is -2.47. The standard InChI is InChI=1S/C23H30ClN7O/c1-29-20(6-9-26-29)21-14-31(19(15-32-21)12-16-2-4-17(24)5-3-16)18-7-10-30(11-8-18)23-13-22(25)27-28-23/h2-6,9,18-19,21H,7-8,10-15H2,1H3,(H2,25,27)/t19-,21+/m0/s1. The smallest absolute Gasteiger partial charge is 0.135 e. The number of benzene rings is 1. The average Bonchev–Trinajstić information content (AvgIpc) is 3.44. The number of rotatable bonds is 4. The van der Waals surface area contributed by atoms with Gasteiger partial charge in [0.15, 0.2) is 0 Å². The molecule has 1 aromatic carbocycles. The Morgan fingerprint density at radius 1 is 1.12 bits per heavy atom. The molecule has 0 unspecified atom stereocenters. The molecule has 0 radical (unpaired) electrons. The Kier molecular flexibility index (Phi) is 6.17. The molecule has 3 aliphatic rings. The molecule has 0 saturated carbocycles. The molecule has 2 fully saturated rings. The summed E-state index contributed by atoms with van der Waals surface area (Å²) < 4.78 is 8.28. The molecular formula is C23H30ClN7O. The number of aromatic nitrogens is 2. The van der Waals surface area contributed by atoms with Crippen molar-refractivity contribution < 1.29 is 4.74 Å². The van der Waals surface area contributed by atoms with Crippen molar-refractivity contribution in [2.45, 2.75) is 43.9 Å². The molecular weight excluding hydrogens is 426 g/mol. The second kappa shape index (κ2) is 9.21. The van der Waals surface area contributed by atoms with Crippen molar-refractivity contribution in [2.24, 2.45) is 23.0 Å². The largest absolute Gasteiger partial charge is 0.385 e. The molecule has 5 rings (SSSR count). The van der Waals surface area contributed by atoms with E-state index in [0.717, 1.165) is 55.4 Å². The Bertz CT molecular complexity index is 994. The number of aryl methyl sites for hydroxylation is 1. The molecule has 8 nitrogen and oxygen atoms in total. The number of amidine groups is 2. The van der Waals surface area contributed by atoms with Gasteiger partial charge in [-0.15, -0.1) is 10.2 Å². The molecule has 170 valence electrons. The molecule has 2 saturated heterocycles. The molecule has 4 heterocycles. The molecule has 0 aliphatic carbocycles. The van der Waals surface area contributed by atoms with Gasteiger partial charge in [-0.05, 0) is 43.0 Å². The number of piperidine rings is 1. The Morgan fingerprint density at radius 2 is 1.91 bits per heavy atom. The van der Waals surface area contributed by atoms with E-state index in [1.165, 1.54) is 5.56 Å². The fourth-order valence-electron chi connectivity index (χ4n) is 5.10. The minimum atomic E-state index is 0.0365. The molecule has 3 aliphatic heterocycles. The highest BCUT2D eigenvalue weighted by Crippen LogP contribution is 2.31. The van der Waals surface area contributed by atoms with Crippen LogP contribution in [0.1, 0.15) is 36.6 Å². The van der Waals surface area contributed by atoms with E-state index in [9.17, 15) is 0 Å². The van der Waals surface area contributed by atoms with Gasteiger partial charge in [-0.3, -0.25) is 9.58 Å². The monoisotopic (exact) mass is 455 g/mol. The summed E-state index contributed by atoms with van der Waals surface area (Å²) in [6.07, 6.45) is 5.69. The SMILES string of the molecule is Cn1nccc1[C@H]1CN(C2CCN(C3=NN=C(N)C3)CC2)[C@@H](Cc2ccc(Cl)cc2)CO1. The van der Waals surface area contributed by atoms with Gasteiger partial charge in [-0.1, -0.05) is 23.7 Å². The zero-order chi connectivity index (χ0) is 22.1. The second-order valence-corrected chi connectivity index (χ2v) is 9.32. The first-order chi connectivity index (χ1) is 15.6. The fourth-order valence-corrected chi connectivity index (χ4v) is 5.22. The Hall–Kier alpha value is -2.42. The van der Waals surface area contributed by atoms with E-state index in [4.69, 9.17) is 22.1 Å². The van der Waals surface area contributed by atoms with E-state index >= 15 is 0 Å². The van der Waals surface area contributed by atoms with Crippen molar-refractivity contribution in [1.29, 1.82) is 0 Å². The van der Waals surface area contributed by atoms with Crippen molar-refractivity contribution in [3.63, 3.8) is 0 Å². The Balaban J connectivity index is 1.30. The van der Waals surface area contributed by atoms with Crippen molar-refractivity contribution in [2.75, 3.05) is 26.2 Å². The van der Waals surface area contributed by atoms with E-state index < -0.39 is 0 Å². The zero-order valence-corrected chi connectivity index (χ0v) is 19.2. The summed E-state index contributed by atoms with van der Waals surface area (Å²) in [6.45, 7) is 3.54. The number of hydrogen-bond acceptors (Lipinski definition) is 7. The lowest BCUT2D eigenvalue weighted by molar-refractivity contribution is -0.0895. The van der Waals surface area contributed by atoms with Gasteiger partial charge in [0.1, 0.15) is 17.8 Å². The van der Waals surface area contributed by atoms with Gasteiger partial charge in [0.2, 0.25) is 0 Å². The first kappa shape index (κ1) is 21.4. The van der Waals surface area contributed by atoms with E-state index in [1.807, 2.05) is 30.1 Å². The first-order valence-electron chi connectivity index (χ1n) is 11.3. The number of nitrogens with zero attached hydrogens (tertiary/aromatic N) is 6. The second-order valence-electron chi connectivity index (χ2n) is 8.89. The van der Waals surface area contributed by atoms with Crippen LogP contribution in [0.2, 0.25) is 5.02 Å². The zero-order valence-electron chi connectivity index (χ0n) is 18.4. The van der Waals surface area contributed by atoms with E-state index in [0.29, 0.717) is 30.9 Å². The van der Waals surface area contributed by atoms with Gasteiger partial charge < -0.3 is 15.4 Å². The van der Waals surface area contributed by atoms with Crippen LogP contribution in [0.3, 0.4) is 0 Å². The molecule has 0 spiro atoms. The maximum absolute atomic E-state index is 6.36. The minimum absolute atomic E-state index is 0.0365. The number of ether oxygens (including phenoxy) is 1. The number of morpholine rings is 1. The number of likely N-dealkylation sites (tertiary alicyclic amines) is 1. The lowest BCUT2D eigenvalue weighted by Crippen LogP contribution is -2.56. The molecule has 0 bridgehead atoms. The molecule has 9 heteroatoms. The van der Waals surface area contributed by atoms with Crippen molar-refractivity contribution in [1.82, 2.24) is 19.6 Å². The van der Waals surface area contributed by atoms with Gasteiger partial charge in [-0.2, -0.15) is 5.10 Å². The normalized spacial score (nSPS) is 25.1. The maximum atomic E-state index is 6.36. The highest BCUT2D eigenvalue weighted by Gasteiger charge is 2.37. The van der Waals surface area contributed by atoms with Crippen LogP contribution in [0.5, 0.6) is 0 Å². The van der Waals surface area contributed by atoms with Crippen LogP contribution in [-0.4, -0.2) is 69.6 Å².